The number of rotatable bonds is 5. The average Bonchev–Trinajstić information content (AvgIpc) is 2.59. The number of methoxy groups -OCH3 is 1. The van der Waals surface area contributed by atoms with Gasteiger partial charge >= 0.3 is 0 Å². The Labute approximate surface area is 145 Å². The minimum Gasteiger partial charge on any atom is -0.494 e. The van der Waals surface area contributed by atoms with Crippen LogP contribution in [-0.2, 0) is 6.54 Å². The molecule has 2 aliphatic heterocycles. The Kier molecular flexibility index (Phi) is 6.09. The number of ether oxygens (including phenoxy) is 1. The highest BCUT2D eigenvalue weighted by Crippen LogP contribution is 2.23. The summed E-state index contributed by atoms with van der Waals surface area (Å²) >= 11 is 0. The second kappa shape index (κ2) is 8.28. The molecule has 0 radical (unpaired) electrons. The number of nitrogens with zero attached hydrogens (tertiary/aromatic N) is 3. The summed E-state index contributed by atoms with van der Waals surface area (Å²) < 4.78 is 18.7. The third kappa shape index (κ3) is 4.68. The van der Waals surface area contributed by atoms with Crippen LogP contribution in [0.4, 0.5) is 4.39 Å². The van der Waals surface area contributed by atoms with E-state index in [0.29, 0.717) is 5.75 Å². The molecule has 0 aliphatic carbocycles. The first-order chi connectivity index (χ1) is 11.6. The summed E-state index contributed by atoms with van der Waals surface area (Å²) in [6, 6.07) is 5.22. The molecule has 0 N–H and O–H groups in total. The van der Waals surface area contributed by atoms with Crippen LogP contribution in [0.1, 0.15) is 18.4 Å². The van der Waals surface area contributed by atoms with Gasteiger partial charge in [0.25, 0.3) is 0 Å². The summed E-state index contributed by atoms with van der Waals surface area (Å²) in [6.07, 6.45) is 2.59. The fourth-order valence-corrected chi connectivity index (χ4v) is 3.90. The van der Waals surface area contributed by atoms with Gasteiger partial charge < -0.3 is 14.5 Å². The van der Waals surface area contributed by atoms with Crippen molar-refractivity contribution in [1.82, 2.24) is 14.7 Å². The molecular weight excluding hydrogens is 305 g/mol. The van der Waals surface area contributed by atoms with E-state index in [1.54, 1.807) is 0 Å². The van der Waals surface area contributed by atoms with Gasteiger partial charge in [0.1, 0.15) is 0 Å². The first-order valence-electron chi connectivity index (χ1n) is 9.09. The third-order valence-electron chi connectivity index (χ3n) is 5.34. The molecular formula is C19H30FN3O. The zero-order valence-electron chi connectivity index (χ0n) is 15.0. The molecule has 24 heavy (non-hydrogen) atoms. The zero-order valence-corrected chi connectivity index (χ0v) is 15.0. The first kappa shape index (κ1) is 17.6. The maximum absolute atomic E-state index is 13.6. The van der Waals surface area contributed by atoms with Gasteiger partial charge in [0, 0.05) is 45.8 Å². The molecule has 2 aliphatic rings. The second-order valence-corrected chi connectivity index (χ2v) is 7.32. The quantitative estimate of drug-likeness (QED) is 0.822. The molecule has 0 unspecified atom stereocenters. The van der Waals surface area contributed by atoms with Crippen molar-refractivity contribution in [2.45, 2.75) is 19.4 Å². The van der Waals surface area contributed by atoms with E-state index in [1.165, 1.54) is 58.7 Å². The predicted octanol–water partition coefficient (Wildman–Crippen LogP) is 2.29. The predicted molar refractivity (Wildman–Crippen MR) is 94.9 cm³/mol. The molecule has 0 aromatic heterocycles. The highest BCUT2D eigenvalue weighted by molar-refractivity contribution is 5.30. The van der Waals surface area contributed by atoms with E-state index in [4.69, 9.17) is 4.74 Å². The summed E-state index contributed by atoms with van der Waals surface area (Å²) in [5.41, 5.74) is 1.13. The van der Waals surface area contributed by atoms with Gasteiger partial charge in [0.2, 0.25) is 0 Å². The first-order valence-corrected chi connectivity index (χ1v) is 9.09. The molecule has 2 saturated heterocycles. The Balaban J connectivity index is 1.52. The van der Waals surface area contributed by atoms with E-state index in [-0.39, 0.29) is 5.82 Å². The Morgan fingerprint density at radius 2 is 1.92 bits per heavy atom. The molecule has 0 spiro atoms. The number of halogens is 1. The van der Waals surface area contributed by atoms with E-state index >= 15 is 0 Å². The SMILES string of the molecule is COc1cc(CN2CCC[C@@H](CN3CCN(C)CC3)C2)ccc1F. The normalized spacial score (nSPS) is 24.2. The van der Waals surface area contributed by atoms with Gasteiger partial charge in [-0.15, -0.1) is 0 Å². The Hall–Kier alpha value is -1.17. The lowest BCUT2D eigenvalue weighted by Gasteiger charge is -2.38. The molecule has 134 valence electrons. The van der Waals surface area contributed by atoms with Crippen LogP contribution >= 0.6 is 0 Å². The molecule has 2 heterocycles. The summed E-state index contributed by atoms with van der Waals surface area (Å²) in [4.78, 5) is 7.54. The van der Waals surface area contributed by atoms with Crippen LogP contribution in [0.3, 0.4) is 0 Å². The van der Waals surface area contributed by atoms with Crippen molar-refractivity contribution in [2.24, 2.45) is 5.92 Å². The van der Waals surface area contributed by atoms with Gasteiger partial charge in [-0.3, -0.25) is 4.90 Å². The summed E-state index contributed by atoms with van der Waals surface area (Å²) in [5.74, 6) is 0.816. The van der Waals surface area contributed by atoms with Crippen molar-refractivity contribution >= 4 is 0 Å². The van der Waals surface area contributed by atoms with Crippen molar-refractivity contribution in [2.75, 3.05) is 60.0 Å². The van der Waals surface area contributed by atoms with Gasteiger partial charge in [-0.2, -0.15) is 0 Å². The maximum atomic E-state index is 13.6. The summed E-state index contributed by atoms with van der Waals surface area (Å²) in [5, 5.41) is 0. The third-order valence-corrected chi connectivity index (χ3v) is 5.34. The Morgan fingerprint density at radius 1 is 1.12 bits per heavy atom. The minimum absolute atomic E-state index is 0.284. The van der Waals surface area contributed by atoms with E-state index < -0.39 is 0 Å². The van der Waals surface area contributed by atoms with Crippen molar-refractivity contribution in [1.29, 1.82) is 0 Å². The fraction of sp³-hybridized carbons (Fsp3) is 0.684. The lowest BCUT2D eigenvalue weighted by molar-refractivity contribution is 0.0966. The average molecular weight is 335 g/mol. The minimum atomic E-state index is -0.284. The lowest BCUT2D eigenvalue weighted by atomic mass is 9.96. The topological polar surface area (TPSA) is 19.0 Å². The van der Waals surface area contributed by atoms with E-state index in [0.717, 1.165) is 31.1 Å². The lowest BCUT2D eigenvalue weighted by Crippen LogP contribution is -2.48. The molecule has 4 nitrogen and oxygen atoms in total. The molecule has 0 amide bonds. The summed E-state index contributed by atoms with van der Waals surface area (Å²) in [7, 11) is 3.73. The van der Waals surface area contributed by atoms with Crippen LogP contribution in [0.5, 0.6) is 5.75 Å². The van der Waals surface area contributed by atoms with Crippen LogP contribution in [0, 0.1) is 11.7 Å². The molecule has 0 bridgehead atoms. The van der Waals surface area contributed by atoms with Crippen LogP contribution in [0.25, 0.3) is 0 Å². The monoisotopic (exact) mass is 335 g/mol. The summed E-state index contributed by atoms with van der Waals surface area (Å²) in [6.45, 7) is 9.15. The van der Waals surface area contributed by atoms with Crippen molar-refractivity contribution < 1.29 is 9.13 Å². The van der Waals surface area contributed by atoms with E-state index in [9.17, 15) is 4.39 Å². The number of benzene rings is 1. The number of likely N-dealkylation sites (tertiary alicyclic amines) is 1. The number of hydrogen-bond acceptors (Lipinski definition) is 4. The highest BCUT2D eigenvalue weighted by atomic mass is 19.1. The molecule has 5 heteroatoms. The maximum Gasteiger partial charge on any atom is 0.165 e. The zero-order chi connectivity index (χ0) is 16.9. The molecule has 1 aromatic rings. The largest absolute Gasteiger partial charge is 0.494 e. The standard InChI is InChI=1S/C19H30FN3O/c1-21-8-10-22(11-9-21)14-17-4-3-7-23(15-17)13-16-5-6-18(20)19(12-16)24-2/h5-6,12,17H,3-4,7-11,13-15H2,1-2H3/t17-/m0/s1. The Bertz CT molecular complexity index is 531. The molecule has 3 rings (SSSR count). The fourth-order valence-electron chi connectivity index (χ4n) is 3.90. The van der Waals surface area contributed by atoms with Gasteiger partial charge in [0.15, 0.2) is 11.6 Å². The number of piperazine rings is 1. The molecule has 0 saturated carbocycles. The van der Waals surface area contributed by atoms with Gasteiger partial charge in [-0.05, 0) is 50.0 Å². The number of piperidine rings is 1. The number of likely N-dealkylation sites (N-methyl/N-ethyl adjacent to an activating group) is 1. The van der Waals surface area contributed by atoms with Crippen molar-refractivity contribution in [3.05, 3.63) is 29.6 Å². The van der Waals surface area contributed by atoms with Crippen molar-refractivity contribution in [3.8, 4) is 5.75 Å². The van der Waals surface area contributed by atoms with Gasteiger partial charge in [-0.25, -0.2) is 4.39 Å². The van der Waals surface area contributed by atoms with E-state index in [1.807, 2.05) is 12.1 Å². The molecule has 2 fully saturated rings. The smallest absolute Gasteiger partial charge is 0.165 e. The van der Waals surface area contributed by atoms with Crippen LogP contribution < -0.4 is 4.74 Å². The highest BCUT2D eigenvalue weighted by Gasteiger charge is 2.24. The van der Waals surface area contributed by atoms with Gasteiger partial charge in [0.05, 0.1) is 7.11 Å². The second-order valence-electron chi connectivity index (χ2n) is 7.32. The van der Waals surface area contributed by atoms with Gasteiger partial charge in [-0.1, -0.05) is 6.07 Å². The Morgan fingerprint density at radius 3 is 2.67 bits per heavy atom. The van der Waals surface area contributed by atoms with Crippen LogP contribution in [0.15, 0.2) is 18.2 Å². The van der Waals surface area contributed by atoms with E-state index in [2.05, 4.69) is 21.7 Å². The molecule has 1 atom stereocenters. The van der Waals surface area contributed by atoms with Crippen molar-refractivity contribution in [3.63, 3.8) is 0 Å². The van der Waals surface area contributed by atoms with Crippen LogP contribution in [-0.4, -0.2) is 74.7 Å². The molecule has 1 aromatic carbocycles. The van der Waals surface area contributed by atoms with Crippen LogP contribution in [0.2, 0.25) is 0 Å². The number of hydrogen-bond donors (Lipinski definition) is 0.